The van der Waals surface area contributed by atoms with Crippen molar-refractivity contribution in [2.75, 3.05) is 0 Å². The lowest BCUT2D eigenvalue weighted by atomic mass is 10.2. The molecule has 4 nitrogen and oxygen atoms in total. The summed E-state index contributed by atoms with van der Waals surface area (Å²) < 4.78 is 1.97. The molecule has 132 valence electrons. The van der Waals surface area contributed by atoms with Gasteiger partial charge in [0.2, 0.25) is 0 Å². The molecule has 0 bridgehead atoms. The van der Waals surface area contributed by atoms with E-state index in [2.05, 4.69) is 4.99 Å². The highest BCUT2D eigenvalue weighted by Crippen LogP contribution is 2.25. The Morgan fingerprint density at radius 3 is 2.58 bits per heavy atom. The average molecular weight is 387 g/mol. The molecule has 1 N–H and O–H groups in total. The van der Waals surface area contributed by atoms with Gasteiger partial charge in [-0.15, -0.1) is 0 Å². The number of aromatic nitrogens is 1. The maximum Gasteiger partial charge on any atom is 0.337 e. The van der Waals surface area contributed by atoms with Gasteiger partial charge in [-0.05, 0) is 56.3 Å². The topological polar surface area (TPSA) is 54.6 Å². The van der Waals surface area contributed by atoms with Gasteiger partial charge in [0.25, 0.3) is 0 Å². The smallest absolute Gasteiger partial charge is 0.337 e. The first-order chi connectivity index (χ1) is 12.4. The van der Waals surface area contributed by atoms with Gasteiger partial charge >= 0.3 is 5.97 Å². The fourth-order valence-corrected chi connectivity index (χ4v) is 3.22. The van der Waals surface area contributed by atoms with Crippen molar-refractivity contribution in [3.63, 3.8) is 0 Å². The lowest BCUT2D eigenvalue weighted by Crippen LogP contribution is -2.03. The quantitative estimate of drug-likeness (QED) is 0.571. The Hall–Kier alpha value is -2.56. The minimum absolute atomic E-state index is 0.0748. The maximum atomic E-state index is 11.3. The van der Waals surface area contributed by atoms with Crippen LogP contribution in [0.5, 0.6) is 0 Å². The first-order valence-electron chi connectivity index (χ1n) is 7.88. The van der Waals surface area contributed by atoms with Crippen molar-refractivity contribution in [3.05, 3.63) is 81.1 Å². The molecule has 0 saturated carbocycles. The third-order valence-electron chi connectivity index (χ3n) is 4.07. The summed E-state index contributed by atoms with van der Waals surface area (Å²) in [5.74, 6) is -1.05. The first-order valence-corrected chi connectivity index (χ1v) is 8.64. The molecule has 0 unspecified atom stereocenters. The zero-order chi connectivity index (χ0) is 18.8. The van der Waals surface area contributed by atoms with Crippen LogP contribution in [0.4, 0.5) is 5.69 Å². The molecule has 3 aromatic rings. The van der Waals surface area contributed by atoms with Crippen molar-refractivity contribution in [1.29, 1.82) is 0 Å². The molecule has 0 aliphatic heterocycles. The van der Waals surface area contributed by atoms with Crippen LogP contribution < -0.4 is 0 Å². The molecule has 0 radical (unpaired) electrons. The van der Waals surface area contributed by atoms with E-state index in [9.17, 15) is 9.90 Å². The summed E-state index contributed by atoms with van der Waals surface area (Å²) in [5, 5.41) is 10.1. The number of hydrogen-bond acceptors (Lipinski definition) is 2. The highest BCUT2D eigenvalue weighted by atomic mass is 35.5. The molecule has 0 aliphatic carbocycles. The van der Waals surface area contributed by atoms with Gasteiger partial charge in [-0.1, -0.05) is 29.3 Å². The SMILES string of the molecule is Cc1cc(C=Nc2cccc(Cl)c2)c(C)n1-c1ccc(Cl)c(C(=O)O)c1. The van der Waals surface area contributed by atoms with Gasteiger partial charge in [-0.3, -0.25) is 4.99 Å². The van der Waals surface area contributed by atoms with Crippen LogP contribution in [0, 0.1) is 13.8 Å². The van der Waals surface area contributed by atoms with E-state index >= 15 is 0 Å². The largest absolute Gasteiger partial charge is 0.478 e. The Kier molecular flexibility index (Phi) is 5.16. The zero-order valence-corrected chi connectivity index (χ0v) is 15.7. The molecular formula is C20H16Cl2N2O2. The van der Waals surface area contributed by atoms with Crippen molar-refractivity contribution in [2.45, 2.75) is 13.8 Å². The van der Waals surface area contributed by atoms with Gasteiger partial charge in [0, 0.05) is 33.9 Å². The van der Waals surface area contributed by atoms with Gasteiger partial charge < -0.3 is 9.67 Å². The molecule has 0 spiro atoms. The third kappa shape index (κ3) is 3.66. The predicted octanol–water partition coefficient (Wildman–Crippen LogP) is 5.85. The van der Waals surface area contributed by atoms with Crippen molar-refractivity contribution in [2.24, 2.45) is 4.99 Å². The first kappa shape index (κ1) is 18.2. The number of halogens is 2. The second-order valence-corrected chi connectivity index (χ2v) is 6.71. The normalized spacial score (nSPS) is 11.2. The van der Waals surface area contributed by atoms with Crippen LogP contribution >= 0.6 is 23.2 Å². The molecule has 2 aromatic carbocycles. The van der Waals surface area contributed by atoms with Crippen LogP contribution in [0.15, 0.2) is 53.5 Å². The number of aliphatic imine (C=N–C) groups is 1. The van der Waals surface area contributed by atoms with E-state index in [0.717, 1.165) is 28.3 Å². The summed E-state index contributed by atoms with van der Waals surface area (Å²) in [6, 6.07) is 14.3. The number of aromatic carboxylic acids is 1. The maximum absolute atomic E-state index is 11.3. The van der Waals surface area contributed by atoms with E-state index < -0.39 is 5.97 Å². The molecule has 0 fully saturated rings. The Bertz CT molecular complexity index is 1020. The standard InChI is InChI=1S/C20H16Cl2N2O2/c1-12-8-14(11-23-16-5-3-4-15(21)9-16)13(2)24(12)17-6-7-19(22)18(10-17)20(25)26/h3-11H,1-2H3,(H,25,26). The fraction of sp³-hybridized carbons (Fsp3) is 0.100. The highest BCUT2D eigenvalue weighted by molar-refractivity contribution is 6.33. The number of aryl methyl sites for hydroxylation is 1. The molecule has 1 aromatic heterocycles. The molecule has 3 rings (SSSR count). The second-order valence-electron chi connectivity index (χ2n) is 5.87. The van der Waals surface area contributed by atoms with E-state index in [0.29, 0.717) is 5.02 Å². The minimum atomic E-state index is -1.05. The van der Waals surface area contributed by atoms with Crippen molar-refractivity contribution in [1.82, 2.24) is 4.57 Å². The molecule has 26 heavy (non-hydrogen) atoms. The van der Waals surface area contributed by atoms with Crippen LogP contribution in [-0.4, -0.2) is 21.9 Å². The average Bonchev–Trinajstić information content (AvgIpc) is 2.87. The van der Waals surface area contributed by atoms with E-state index in [1.807, 2.05) is 36.6 Å². The predicted molar refractivity (Wildman–Crippen MR) is 106 cm³/mol. The number of carbonyl (C=O) groups is 1. The third-order valence-corrected chi connectivity index (χ3v) is 4.63. The molecule has 0 atom stereocenters. The van der Waals surface area contributed by atoms with E-state index in [4.69, 9.17) is 23.2 Å². The molecule has 0 saturated heterocycles. The van der Waals surface area contributed by atoms with Gasteiger partial charge in [-0.25, -0.2) is 4.79 Å². The summed E-state index contributed by atoms with van der Waals surface area (Å²) in [4.78, 5) is 15.8. The van der Waals surface area contributed by atoms with Crippen LogP contribution in [0.2, 0.25) is 10.0 Å². The van der Waals surface area contributed by atoms with Crippen LogP contribution in [0.25, 0.3) is 5.69 Å². The number of nitrogens with zero attached hydrogens (tertiary/aromatic N) is 2. The summed E-state index contributed by atoms with van der Waals surface area (Å²) in [6.07, 6.45) is 1.78. The fourth-order valence-electron chi connectivity index (χ4n) is 2.83. The lowest BCUT2D eigenvalue weighted by molar-refractivity contribution is 0.0697. The monoisotopic (exact) mass is 386 g/mol. The number of carboxylic acids is 1. The van der Waals surface area contributed by atoms with Crippen LogP contribution in [0.3, 0.4) is 0 Å². The van der Waals surface area contributed by atoms with Gasteiger partial charge in [0.1, 0.15) is 0 Å². The lowest BCUT2D eigenvalue weighted by Gasteiger charge is -2.11. The van der Waals surface area contributed by atoms with Crippen molar-refractivity contribution >= 4 is 41.1 Å². The Labute approximate surface area is 161 Å². The van der Waals surface area contributed by atoms with E-state index in [-0.39, 0.29) is 10.6 Å². The van der Waals surface area contributed by atoms with Gasteiger partial charge in [0.15, 0.2) is 0 Å². The zero-order valence-electron chi connectivity index (χ0n) is 14.2. The summed E-state index contributed by atoms with van der Waals surface area (Å²) >= 11 is 12.0. The highest BCUT2D eigenvalue weighted by Gasteiger charge is 2.14. The second kappa shape index (κ2) is 7.36. The minimum Gasteiger partial charge on any atom is -0.478 e. The summed E-state index contributed by atoms with van der Waals surface area (Å²) in [5.41, 5.74) is 4.44. The molecule has 6 heteroatoms. The molecule has 0 aliphatic rings. The van der Waals surface area contributed by atoms with Gasteiger partial charge in [0.05, 0.1) is 16.3 Å². The van der Waals surface area contributed by atoms with E-state index in [1.54, 1.807) is 36.5 Å². The molecular weight excluding hydrogens is 371 g/mol. The van der Waals surface area contributed by atoms with Crippen molar-refractivity contribution in [3.8, 4) is 5.69 Å². The Morgan fingerprint density at radius 2 is 1.88 bits per heavy atom. The summed E-state index contributed by atoms with van der Waals surface area (Å²) in [7, 11) is 0. The van der Waals surface area contributed by atoms with Gasteiger partial charge in [-0.2, -0.15) is 0 Å². The molecule has 1 heterocycles. The number of benzene rings is 2. The Morgan fingerprint density at radius 1 is 1.12 bits per heavy atom. The summed E-state index contributed by atoms with van der Waals surface area (Å²) in [6.45, 7) is 3.92. The number of hydrogen-bond donors (Lipinski definition) is 1. The number of carboxylic acid groups (broad SMARTS) is 1. The Balaban J connectivity index is 2.01. The van der Waals surface area contributed by atoms with Crippen molar-refractivity contribution < 1.29 is 9.90 Å². The molecule has 0 amide bonds. The number of rotatable bonds is 4. The van der Waals surface area contributed by atoms with E-state index in [1.165, 1.54) is 0 Å². The van der Waals surface area contributed by atoms with Crippen LogP contribution in [0.1, 0.15) is 27.3 Å². The van der Waals surface area contributed by atoms with Crippen LogP contribution in [-0.2, 0) is 0 Å².